The number of hydrogen-bond donors (Lipinski definition) is 0. The number of carbonyl (C=O) groups is 1. The number of carbonyl (C=O) groups excluding carboxylic acids is 1. The maximum atomic E-state index is 13.3. The molecule has 1 atom stereocenters. The summed E-state index contributed by atoms with van der Waals surface area (Å²) in [5, 5.41) is 6.65. The number of thiophene rings is 1. The monoisotopic (exact) mass is 395 g/mol. The lowest BCUT2D eigenvalue weighted by Crippen LogP contribution is -2.48. The van der Waals surface area contributed by atoms with E-state index >= 15 is 0 Å². The van der Waals surface area contributed by atoms with Gasteiger partial charge in [-0.3, -0.25) is 4.79 Å². The van der Waals surface area contributed by atoms with Gasteiger partial charge in [0.05, 0.1) is 10.6 Å². The third kappa shape index (κ3) is 3.86. The minimum atomic E-state index is -0.0703. The van der Waals surface area contributed by atoms with Crippen molar-refractivity contribution in [2.45, 2.75) is 25.3 Å². The highest BCUT2D eigenvalue weighted by molar-refractivity contribution is 7.13. The summed E-state index contributed by atoms with van der Waals surface area (Å²) in [5.41, 5.74) is 0.904. The van der Waals surface area contributed by atoms with Crippen LogP contribution in [0.2, 0.25) is 0 Å². The zero-order chi connectivity index (χ0) is 19.5. The van der Waals surface area contributed by atoms with E-state index in [0.29, 0.717) is 5.82 Å². The van der Waals surface area contributed by atoms with Gasteiger partial charge in [-0.05, 0) is 56.9 Å². The predicted molar refractivity (Wildman–Crippen MR) is 112 cm³/mol. The molecule has 0 aliphatic carbocycles. The number of likely N-dealkylation sites (N-methyl/N-ethyl adjacent to an activating group) is 1. The van der Waals surface area contributed by atoms with Gasteiger partial charge in [-0.15, -0.1) is 16.4 Å². The summed E-state index contributed by atoms with van der Waals surface area (Å²) in [7, 11) is 4.10. The second-order valence-electron chi connectivity index (χ2n) is 7.39. The molecule has 7 heteroatoms. The summed E-state index contributed by atoms with van der Waals surface area (Å²) in [6, 6.07) is 14.1. The molecule has 3 aromatic rings. The van der Waals surface area contributed by atoms with Crippen molar-refractivity contribution < 1.29 is 4.79 Å². The maximum Gasteiger partial charge on any atom is 0.293 e. The molecule has 1 saturated heterocycles. The van der Waals surface area contributed by atoms with Crippen LogP contribution in [0.1, 0.15) is 29.9 Å². The first kappa shape index (κ1) is 18.8. The van der Waals surface area contributed by atoms with Crippen LogP contribution < -0.4 is 0 Å². The Kier molecular flexibility index (Phi) is 5.54. The van der Waals surface area contributed by atoms with Crippen LogP contribution in [0.4, 0.5) is 0 Å². The Morgan fingerprint density at radius 3 is 2.71 bits per heavy atom. The molecular formula is C21H25N5OS. The van der Waals surface area contributed by atoms with Gasteiger partial charge >= 0.3 is 0 Å². The number of benzene rings is 1. The highest BCUT2D eigenvalue weighted by Gasteiger charge is 2.31. The van der Waals surface area contributed by atoms with Crippen molar-refractivity contribution in [1.82, 2.24) is 24.6 Å². The van der Waals surface area contributed by atoms with Gasteiger partial charge in [0.25, 0.3) is 5.91 Å². The van der Waals surface area contributed by atoms with E-state index in [0.717, 1.165) is 42.9 Å². The predicted octanol–water partition coefficient (Wildman–Crippen LogP) is 3.55. The molecule has 0 spiro atoms. The Balaban J connectivity index is 1.70. The van der Waals surface area contributed by atoms with Gasteiger partial charge in [-0.1, -0.05) is 24.3 Å². The quantitative estimate of drug-likeness (QED) is 0.663. The van der Waals surface area contributed by atoms with Crippen LogP contribution in [0.15, 0.2) is 47.8 Å². The van der Waals surface area contributed by atoms with E-state index in [9.17, 15) is 4.79 Å². The molecule has 3 heterocycles. The number of hydrogen-bond acceptors (Lipinski definition) is 5. The first-order valence-electron chi connectivity index (χ1n) is 9.65. The minimum Gasteiger partial charge on any atom is -0.332 e. The summed E-state index contributed by atoms with van der Waals surface area (Å²) in [4.78, 5) is 23.1. The van der Waals surface area contributed by atoms with Crippen LogP contribution in [-0.4, -0.2) is 63.7 Å². The molecule has 4 rings (SSSR count). The lowest BCUT2D eigenvalue weighted by molar-refractivity contribution is 0.0562. The van der Waals surface area contributed by atoms with E-state index in [4.69, 9.17) is 0 Å². The smallest absolute Gasteiger partial charge is 0.293 e. The molecular weight excluding hydrogens is 370 g/mol. The van der Waals surface area contributed by atoms with Gasteiger partial charge in [0.15, 0.2) is 5.82 Å². The highest BCUT2D eigenvalue weighted by atomic mass is 32.1. The van der Waals surface area contributed by atoms with Crippen molar-refractivity contribution in [3.05, 3.63) is 53.7 Å². The fourth-order valence-corrected chi connectivity index (χ4v) is 4.42. The molecule has 0 saturated carbocycles. The lowest BCUT2D eigenvalue weighted by atomic mass is 10.0. The topological polar surface area (TPSA) is 54.3 Å². The molecule has 146 valence electrons. The summed E-state index contributed by atoms with van der Waals surface area (Å²) < 4.78 is 1.78. The normalized spacial score (nSPS) is 17.2. The van der Waals surface area contributed by atoms with Gasteiger partial charge < -0.3 is 9.80 Å². The molecule has 1 aliphatic rings. The largest absolute Gasteiger partial charge is 0.332 e. The van der Waals surface area contributed by atoms with Gasteiger partial charge in [0.1, 0.15) is 0 Å². The van der Waals surface area contributed by atoms with Crippen LogP contribution in [-0.2, 0) is 0 Å². The molecule has 28 heavy (non-hydrogen) atoms. The Bertz CT molecular complexity index is 920. The molecule has 1 aliphatic heterocycles. The van der Waals surface area contributed by atoms with Crippen molar-refractivity contribution in [3.8, 4) is 16.4 Å². The number of aromatic nitrogens is 3. The first-order chi connectivity index (χ1) is 13.6. The highest BCUT2D eigenvalue weighted by Crippen LogP contribution is 2.27. The molecule has 1 unspecified atom stereocenters. The zero-order valence-electron chi connectivity index (χ0n) is 16.3. The number of rotatable bonds is 5. The van der Waals surface area contributed by atoms with Crippen molar-refractivity contribution in [2.24, 2.45) is 0 Å². The number of nitrogens with zero attached hydrogens (tertiary/aromatic N) is 5. The van der Waals surface area contributed by atoms with Gasteiger partial charge in [-0.25, -0.2) is 9.67 Å². The van der Waals surface area contributed by atoms with E-state index in [-0.39, 0.29) is 17.8 Å². The van der Waals surface area contributed by atoms with Crippen molar-refractivity contribution in [3.63, 3.8) is 0 Å². The number of para-hydroxylation sites is 1. The third-order valence-electron chi connectivity index (χ3n) is 5.00. The van der Waals surface area contributed by atoms with E-state index in [1.807, 2.05) is 52.7 Å². The Morgan fingerprint density at radius 1 is 1.18 bits per heavy atom. The summed E-state index contributed by atoms with van der Waals surface area (Å²) in [6.07, 6.45) is 3.22. The van der Waals surface area contributed by atoms with Crippen LogP contribution in [0.5, 0.6) is 0 Å². The van der Waals surface area contributed by atoms with E-state index < -0.39 is 0 Å². The zero-order valence-corrected chi connectivity index (χ0v) is 17.1. The fourth-order valence-electron chi connectivity index (χ4n) is 3.72. The van der Waals surface area contributed by atoms with E-state index in [1.54, 1.807) is 16.0 Å². The number of piperidine rings is 1. The van der Waals surface area contributed by atoms with Crippen LogP contribution in [0.25, 0.3) is 16.4 Å². The van der Waals surface area contributed by atoms with Gasteiger partial charge in [0, 0.05) is 19.1 Å². The van der Waals surface area contributed by atoms with E-state index in [2.05, 4.69) is 29.1 Å². The lowest BCUT2D eigenvalue weighted by Gasteiger charge is -2.36. The van der Waals surface area contributed by atoms with Crippen molar-refractivity contribution >= 4 is 17.2 Å². The maximum absolute atomic E-state index is 13.3. The Labute approximate surface area is 169 Å². The molecule has 1 fully saturated rings. The molecule has 0 radical (unpaired) electrons. The summed E-state index contributed by atoms with van der Waals surface area (Å²) >= 11 is 1.60. The summed E-state index contributed by atoms with van der Waals surface area (Å²) in [5.74, 6) is 0.919. The third-order valence-corrected chi connectivity index (χ3v) is 5.87. The van der Waals surface area contributed by atoms with Crippen LogP contribution in [0.3, 0.4) is 0 Å². The average molecular weight is 396 g/mol. The standard InChI is InChI=1S/C21H25N5OS/c1-24(2)15-17-11-6-7-13-25(17)21(27)19-22-20(18-12-8-14-28-18)26(23-19)16-9-4-3-5-10-16/h3-5,8-10,12,14,17H,6-7,11,13,15H2,1-2H3. The van der Waals surface area contributed by atoms with Gasteiger partial charge in [-0.2, -0.15) is 0 Å². The number of likely N-dealkylation sites (tertiary alicyclic amines) is 1. The molecule has 2 aromatic heterocycles. The average Bonchev–Trinajstić information content (AvgIpc) is 3.38. The van der Waals surface area contributed by atoms with Crippen LogP contribution in [0, 0.1) is 0 Å². The van der Waals surface area contributed by atoms with Gasteiger partial charge in [0.2, 0.25) is 5.82 Å². The van der Waals surface area contributed by atoms with Crippen molar-refractivity contribution in [1.29, 1.82) is 0 Å². The second-order valence-corrected chi connectivity index (χ2v) is 8.34. The molecule has 1 aromatic carbocycles. The second kappa shape index (κ2) is 8.24. The molecule has 0 bridgehead atoms. The first-order valence-corrected chi connectivity index (χ1v) is 10.5. The van der Waals surface area contributed by atoms with E-state index in [1.165, 1.54) is 0 Å². The SMILES string of the molecule is CN(C)CC1CCCCN1C(=O)c1nc(-c2cccs2)n(-c2ccccc2)n1. The molecule has 1 amide bonds. The summed E-state index contributed by atoms with van der Waals surface area (Å²) in [6.45, 7) is 1.63. The number of amides is 1. The molecule has 0 N–H and O–H groups in total. The van der Waals surface area contributed by atoms with Crippen LogP contribution >= 0.6 is 11.3 Å². The fraction of sp³-hybridized carbons (Fsp3) is 0.381. The minimum absolute atomic E-state index is 0.0703. The Morgan fingerprint density at radius 2 is 2.00 bits per heavy atom. The molecule has 6 nitrogen and oxygen atoms in total. The van der Waals surface area contributed by atoms with Crippen molar-refractivity contribution in [2.75, 3.05) is 27.2 Å². The Hall–Kier alpha value is -2.51.